The Morgan fingerprint density at radius 1 is 1.46 bits per heavy atom. The average Bonchev–Trinajstić information content (AvgIpc) is 2.28. The van der Waals surface area contributed by atoms with Gasteiger partial charge in [0, 0.05) is 12.6 Å². The molecule has 1 fully saturated rings. The molecule has 1 aliphatic heterocycles. The van der Waals surface area contributed by atoms with E-state index < -0.39 is 0 Å². The highest BCUT2D eigenvalue weighted by molar-refractivity contribution is 5.78. The Kier molecular flexibility index (Phi) is 3.31. The maximum atomic E-state index is 11.7. The first-order valence-electron chi connectivity index (χ1n) is 4.95. The number of carbonyl (C=O) groups excluding carboxylic acids is 1. The highest BCUT2D eigenvalue weighted by atomic mass is 16.2. The monoisotopic (exact) mass is 184 g/mol. The lowest BCUT2D eigenvalue weighted by atomic mass is 10.1. The molecular weight excluding hydrogens is 164 g/mol. The molecule has 0 aromatic carbocycles. The van der Waals surface area contributed by atoms with Crippen LogP contribution in [0.25, 0.3) is 0 Å². The lowest BCUT2D eigenvalue weighted by Gasteiger charge is -2.23. The van der Waals surface area contributed by atoms with Gasteiger partial charge < -0.3 is 9.80 Å². The third kappa shape index (κ3) is 2.69. The minimum absolute atomic E-state index is 0.266. The summed E-state index contributed by atoms with van der Waals surface area (Å²) in [7, 11) is 3.87. The van der Waals surface area contributed by atoms with Gasteiger partial charge in [-0.2, -0.15) is 0 Å². The number of likely N-dealkylation sites (N-methyl/N-ethyl adjacent to an activating group) is 1. The molecule has 0 aromatic rings. The SMILES string of the molecule is CC1CC(C)N(C(=O)CN(C)C)C1. The largest absolute Gasteiger partial charge is 0.339 e. The number of hydrogen-bond acceptors (Lipinski definition) is 2. The topological polar surface area (TPSA) is 23.6 Å². The fraction of sp³-hybridized carbons (Fsp3) is 0.900. The standard InChI is InChI=1S/C10H20N2O/c1-8-5-9(2)12(6-8)10(13)7-11(3)4/h8-9H,5-7H2,1-4H3. The predicted octanol–water partition coefficient (Wildman–Crippen LogP) is 0.805. The summed E-state index contributed by atoms with van der Waals surface area (Å²) in [5.41, 5.74) is 0. The zero-order chi connectivity index (χ0) is 10.0. The van der Waals surface area contributed by atoms with Crippen molar-refractivity contribution < 1.29 is 4.79 Å². The van der Waals surface area contributed by atoms with Gasteiger partial charge in [0.2, 0.25) is 5.91 Å². The Morgan fingerprint density at radius 2 is 2.08 bits per heavy atom. The van der Waals surface area contributed by atoms with Gasteiger partial charge in [0.25, 0.3) is 0 Å². The van der Waals surface area contributed by atoms with E-state index in [1.165, 1.54) is 0 Å². The van der Waals surface area contributed by atoms with Crippen LogP contribution in [-0.4, -0.2) is 48.9 Å². The molecule has 0 radical (unpaired) electrons. The molecule has 0 aliphatic carbocycles. The highest BCUT2D eigenvalue weighted by Crippen LogP contribution is 2.22. The van der Waals surface area contributed by atoms with Crippen molar-refractivity contribution in [1.29, 1.82) is 0 Å². The first kappa shape index (κ1) is 10.5. The van der Waals surface area contributed by atoms with Crippen molar-refractivity contribution in [3.63, 3.8) is 0 Å². The maximum Gasteiger partial charge on any atom is 0.236 e. The van der Waals surface area contributed by atoms with Crippen molar-refractivity contribution in [2.45, 2.75) is 26.3 Å². The van der Waals surface area contributed by atoms with E-state index in [9.17, 15) is 4.79 Å². The Bertz CT molecular complexity index is 191. The molecule has 3 heteroatoms. The van der Waals surface area contributed by atoms with Crippen LogP contribution < -0.4 is 0 Å². The van der Waals surface area contributed by atoms with Crippen molar-refractivity contribution in [2.75, 3.05) is 27.2 Å². The van der Waals surface area contributed by atoms with Crippen LogP contribution >= 0.6 is 0 Å². The van der Waals surface area contributed by atoms with Gasteiger partial charge in [0.15, 0.2) is 0 Å². The van der Waals surface area contributed by atoms with Crippen LogP contribution in [0.2, 0.25) is 0 Å². The Labute approximate surface area is 80.7 Å². The summed E-state index contributed by atoms with van der Waals surface area (Å²) in [5, 5.41) is 0. The van der Waals surface area contributed by atoms with Crippen LogP contribution in [0.1, 0.15) is 20.3 Å². The number of rotatable bonds is 2. The van der Waals surface area contributed by atoms with E-state index in [0.717, 1.165) is 13.0 Å². The van der Waals surface area contributed by atoms with Gasteiger partial charge in [-0.3, -0.25) is 4.79 Å². The van der Waals surface area contributed by atoms with E-state index >= 15 is 0 Å². The van der Waals surface area contributed by atoms with E-state index in [1.807, 2.05) is 23.9 Å². The summed E-state index contributed by atoms with van der Waals surface area (Å²) in [6.07, 6.45) is 1.15. The summed E-state index contributed by atoms with van der Waals surface area (Å²) in [5.74, 6) is 0.933. The van der Waals surface area contributed by atoms with Gasteiger partial charge >= 0.3 is 0 Å². The third-order valence-electron chi connectivity index (χ3n) is 2.56. The number of hydrogen-bond donors (Lipinski definition) is 0. The van der Waals surface area contributed by atoms with Crippen LogP contribution in [0.3, 0.4) is 0 Å². The molecule has 1 aliphatic rings. The molecule has 76 valence electrons. The minimum Gasteiger partial charge on any atom is -0.339 e. The van der Waals surface area contributed by atoms with E-state index in [0.29, 0.717) is 18.5 Å². The molecule has 3 nitrogen and oxygen atoms in total. The number of nitrogens with zero attached hydrogens (tertiary/aromatic N) is 2. The van der Waals surface area contributed by atoms with Crippen LogP contribution in [0.4, 0.5) is 0 Å². The quantitative estimate of drug-likeness (QED) is 0.634. The summed E-state index contributed by atoms with van der Waals surface area (Å²) in [4.78, 5) is 15.6. The molecule has 1 saturated heterocycles. The van der Waals surface area contributed by atoms with E-state index in [-0.39, 0.29) is 5.91 Å². The number of amides is 1. The second kappa shape index (κ2) is 4.09. The summed E-state index contributed by atoms with van der Waals surface area (Å²) in [6.45, 7) is 5.82. The first-order chi connectivity index (χ1) is 6.00. The second-order valence-electron chi connectivity index (χ2n) is 4.47. The number of likely N-dealkylation sites (tertiary alicyclic amines) is 1. The molecule has 0 N–H and O–H groups in total. The fourth-order valence-electron chi connectivity index (χ4n) is 2.01. The van der Waals surface area contributed by atoms with E-state index in [1.54, 1.807) is 0 Å². The molecule has 0 spiro atoms. The molecule has 1 rings (SSSR count). The van der Waals surface area contributed by atoms with Gasteiger partial charge in [-0.1, -0.05) is 6.92 Å². The van der Waals surface area contributed by atoms with Gasteiger partial charge in [0.1, 0.15) is 0 Å². The molecule has 1 heterocycles. The molecule has 1 amide bonds. The first-order valence-corrected chi connectivity index (χ1v) is 4.95. The Balaban J connectivity index is 2.47. The molecule has 2 atom stereocenters. The van der Waals surface area contributed by atoms with Gasteiger partial charge in [-0.05, 0) is 33.4 Å². The maximum absolute atomic E-state index is 11.7. The van der Waals surface area contributed by atoms with Crippen LogP contribution in [0.5, 0.6) is 0 Å². The summed E-state index contributed by atoms with van der Waals surface area (Å²) < 4.78 is 0. The van der Waals surface area contributed by atoms with Crippen molar-refractivity contribution in [3.05, 3.63) is 0 Å². The van der Waals surface area contributed by atoms with Gasteiger partial charge in [-0.25, -0.2) is 0 Å². The van der Waals surface area contributed by atoms with Gasteiger partial charge in [0.05, 0.1) is 6.54 Å². The molecule has 0 aromatic heterocycles. The predicted molar refractivity (Wildman–Crippen MR) is 53.5 cm³/mol. The summed E-state index contributed by atoms with van der Waals surface area (Å²) >= 11 is 0. The van der Waals surface area contributed by atoms with Gasteiger partial charge in [-0.15, -0.1) is 0 Å². The zero-order valence-electron chi connectivity index (χ0n) is 9.08. The minimum atomic E-state index is 0.266. The molecule has 2 unspecified atom stereocenters. The second-order valence-corrected chi connectivity index (χ2v) is 4.47. The Hall–Kier alpha value is -0.570. The van der Waals surface area contributed by atoms with Crippen molar-refractivity contribution in [3.8, 4) is 0 Å². The van der Waals surface area contributed by atoms with Crippen molar-refractivity contribution in [1.82, 2.24) is 9.80 Å². The fourth-order valence-corrected chi connectivity index (χ4v) is 2.01. The van der Waals surface area contributed by atoms with Crippen LogP contribution in [0.15, 0.2) is 0 Å². The lowest BCUT2D eigenvalue weighted by molar-refractivity contribution is -0.132. The van der Waals surface area contributed by atoms with Crippen molar-refractivity contribution in [2.24, 2.45) is 5.92 Å². The Morgan fingerprint density at radius 3 is 2.46 bits per heavy atom. The van der Waals surface area contributed by atoms with Crippen LogP contribution in [-0.2, 0) is 4.79 Å². The average molecular weight is 184 g/mol. The lowest BCUT2D eigenvalue weighted by Crippen LogP contribution is -2.39. The molecule has 0 saturated carbocycles. The van der Waals surface area contributed by atoms with Crippen LogP contribution in [0, 0.1) is 5.92 Å². The van der Waals surface area contributed by atoms with Crippen molar-refractivity contribution >= 4 is 5.91 Å². The molecule has 0 bridgehead atoms. The molecule has 13 heavy (non-hydrogen) atoms. The smallest absolute Gasteiger partial charge is 0.236 e. The zero-order valence-corrected chi connectivity index (χ0v) is 9.08. The summed E-state index contributed by atoms with van der Waals surface area (Å²) in [6, 6.07) is 0.433. The highest BCUT2D eigenvalue weighted by Gasteiger charge is 2.29. The normalized spacial score (nSPS) is 28.5. The molecular formula is C10H20N2O. The number of carbonyl (C=O) groups is 1. The van der Waals surface area contributed by atoms with E-state index in [2.05, 4.69) is 13.8 Å². The third-order valence-corrected chi connectivity index (χ3v) is 2.56. The van der Waals surface area contributed by atoms with E-state index in [4.69, 9.17) is 0 Å².